The predicted octanol–water partition coefficient (Wildman–Crippen LogP) is 3.42. The van der Waals surface area contributed by atoms with Crippen LogP contribution in [0.15, 0.2) is 48.5 Å². The maximum Gasteiger partial charge on any atom is 0.226 e. The lowest BCUT2D eigenvalue weighted by Gasteiger charge is -2.21. The fraction of sp³-hybridized carbons (Fsp3) is 0.333. The molecule has 0 saturated carbocycles. The highest BCUT2D eigenvalue weighted by Crippen LogP contribution is 2.13. The van der Waals surface area contributed by atoms with E-state index in [0.29, 0.717) is 13.1 Å². The molecule has 0 fully saturated rings. The quantitative estimate of drug-likeness (QED) is 0.790. The summed E-state index contributed by atoms with van der Waals surface area (Å²) in [5.41, 5.74) is 3.00. The van der Waals surface area contributed by atoms with Crippen molar-refractivity contribution in [2.45, 2.75) is 26.7 Å². The van der Waals surface area contributed by atoms with E-state index >= 15 is 0 Å². The van der Waals surface area contributed by atoms with Gasteiger partial charge in [-0.25, -0.2) is 0 Å². The smallest absolute Gasteiger partial charge is 0.226 e. The first-order valence-electron chi connectivity index (χ1n) is 8.73. The normalized spacial score (nSPS) is 10.3. The van der Waals surface area contributed by atoms with E-state index in [-0.39, 0.29) is 18.2 Å². The van der Waals surface area contributed by atoms with E-state index in [1.165, 1.54) is 6.92 Å². The van der Waals surface area contributed by atoms with E-state index in [4.69, 9.17) is 4.74 Å². The molecule has 2 rings (SSSR count). The number of aryl methyl sites for hydroxylation is 1. The highest BCUT2D eigenvalue weighted by Gasteiger charge is 2.11. The average Bonchev–Trinajstić information content (AvgIpc) is 2.62. The van der Waals surface area contributed by atoms with Crippen LogP contribution < -0.4 is 10.1 Å². The van der Waals surface area contributed by atoms with Crippen molar-refractivity contribution in [3.63, 3.8) is 0 Å². The minimum absolute atomic E-state index is 0.0260. The van der Waals surface area contributed by atoms with E-state index in [9.17, 15) is 9.59 Å². The van der Waals surface area contributed by atoms with Crippen LogP contribution in [0.25, 0.3) is 0 Å². The third-order valence-electron chi connectivity index (χ3n) is 4.19. The van der Waals surface area contributed by atoms with Crippen LogP contribution in [0.4, 0.5) is 5.69 Å². The molecule has 0 atom stereocenters. The molecule has 138 valence electrons. The van der Waals surface area contributed by atoms with Gasteiger partial charge in [-0.05, 0) is 48.7 Å². The molecule has 2 amide bonds. The zero-order chi connectivity index (χ0) is 18.9. The number of hydrogen-bond donors (Lipinski definition) is 1. The number of anilines is 1. The van der Waals surface area contributed by atoms with Crippen molar-refractivity contribution < 1.29 is 14.3 Å². The van der Waals surface area contributed by atoms with Crippen LogP contribution in [0.5, 0.6) is 5.75 Å². The van der Waals surface area contributed by atoms with Gasteiger partial charge in [-0.15, -0.1) is 0 Å². The summed E-state index contributed by atoms with van der Waals surface area (Å²) in [6.07, 6.45) is 1.01. The summed E-state index contributed by atoms with van der Waals surface area (Å²) >= 11 is 0. The van der Waals surface area contributed by atoms with Gasteiger partial charge in [0.2, 0.25) is 11.8 Å². The van der Waals surface area contributed by atoms with Crippen molar-refractivity contribution in [2.75, 3.05) is 25.5 Å². The second kappa shape index (κ2) is 9.61. The van der Waals surface area contributed by atoms with E-state index < -0.39 is 0 Å². The first kappa shape index (κ1) is 19.5. The van der Waals surface area contributed by atoms with Crippen molar-refractivity contribution in [3.05, 3.63) is 59.7 Å². The topological polar surface area (TPSA) is 58.6 Å². The Bertz CT molecular complexity index is 741. The monoisotopic (exact) mass is 354 g/mol. The fourth-order valence-corrected chi connectivity index (χ4v) is 2.67. The number of methoxy groups -OCH3 is 1. The summed E-state index contributed by atoms with van der Waals surface area (Å²) in [7, 11) is 1.63. The van der Waals surface area contributed by atoms with Gasteiger partial charge in [0, 0.05) is 32.1 Å². The van der Waals surface area contributed by atoms with Crippen molar-refractivity contribution in [1.82, 2.24) is 4.90 Å². The van der Waals surface area contributed by atoms with Crippen molar-refractivity contribution in [2.24, 2.45) is 0 Å². The molecule has 0 bridgehead atoms. The van der Waals surface area contributed by atoms with Gasteiger partial charge in [-0.1, -0.05) is 24.3 Å². The number of rotatable bonds is 8. The Balaban J connectivity index is 1.83. The van der Waals surface area contributed by atoms with Crippen LogP contribution in [0.3, 0.4) is 0 Å². The Morgan fingerprint density at radius 1 is 1.08 bits per heavy atom. The second-order valence-electron chi connectivity index (χ2n) is 6.27. The zero-order valence-corrected chi connectivity index (χ0v) is 15.6. The fourth-order valence-electron chi connectivity index (χ4n) is 2.67. The molecule has 0 heterocycles. The van der Waals surface area contributed by atoms with Crippen molar-refractivity contribution in [1.29, 1.82) is 0 Å². The average molecular weight is 354 g/mol. The van der Waals surface area contributed by atoms with Gasteiger partial charge in [0.15, 0.2) is 0 Å². The number of carbonyl (C=O) groups is 2. The molecule has 0 spiro atoms. The Kier molecular flexibility index (Phi) is 7.21. The van der Waals surface area contributed by atoms with Crippen LogP contribution >= 0.6 is 0 Å². The van der Waals surface area contributed by atoms with Crippen LogP contribution in [-0.2, 0) is 16.0 Å². The maximum absolute atomic E-state index is 12.1. The number of benzene rings is 2. The lowest BCUT2D eigenvalue weighted by Crippen LogP contribution is -2.33. The standard InChI is InChI=1S/C21H26N2O3/c1-16-5-4-6-19(15-16)22-21(25)12-14-23(17(2)24)13-11-18-7-9-20(26-3)10-8-18/h4-10,15H,11-14H2,1-3H3,(H,22,25). The molecular formula is C21H26N2O3. The Morgan fingerprint density at radius 2 is 1.81 bits per heavy atom. The Hall–Kier alpha value is -2.82. The number of ether oxygens (including phenoxy) is 1. The molecule has 1 N–H and O–H groups in total. The third-order valence-corrected chi connectivity index (χ3v) is 4.19. The Labute approximate surface area is 155 Å². The van der Waals surface area contributed by atoms with Gasteiger partial charge in [-0.2, -0.15) is 0 Å². The number of hydrogen-bond acceptors (Lipinski definition) is 3. The highest BCUT2D eigenvalue weighted by atomic mass is 16.5. The molecule has 0 aromatic heterocycles. The summed E-state index contributed by atoms with van der Waals surface area (Å²) in [6.45, 7) is 4.50. The van der Waals surface area contributed by atoms with E-state index in [2.05, 4.69) is 5.32 Å². The van der Waals surface area contributed by atoms with Crippen LogP contribution in [-0.4, -0.2) is 36.9 Å². The van der Waals surface area contributed by atoms with Gasteiger partial charge in [-0.3, -0.25) is 9.59 Å². The zero-order valence-electron chi connectivity index (χ0n) is 15.6. The molecule has 5 nitrogen and oxygen atoms in total. The van der Waals surface area contributed by atoms with Gasteiger partial charge < -0.3 is 15.0 Å². The summed E-state index contributed by atoms with van der Waals surface area (Å²) in [4.78, 5) is 25.7. The van der Waals surface area contributed by atoms with E-state index in [1.807, 2.05) is 55.5 Å². The summed E-state index contributed by atoms with van der Waals surface area (Å²) in [6, 6.07) is 15.4. The molecule has 2 aromatic carbocycles. The Morgan fingerprint density at radius 3 is 2.42 bits per heavy atom. The third kappa shape index (κ3) is 6.24. The largest absolute Gasteiger partial charge is 0.497 e. The molecule has 0 aliphatic rings. The molecule has 0 aliphatic carbocycles. The van der Waals surface area contributed by atoms with Crippen LogP contribution in [0.1, 0.15) is 24.5 Å². The lowest BCUT2D eigenvalue weighted by atomic mass is 10.1. The molecule has 0 saturated heterocycles. The van der Waals surface area contributed by atoms with Crippen molar-refractivity contribution >= 4 is 17.5 Å². The molecule has 26 heavy (non-hydrogen) atoms. The molecule has 2 aromatic rings. The second-order valence-corrected chi connectivity index (χ2v) is 6.27. The van der Waals surface area contributed by atoms with E-state index in [1.54, 1.807) is 12.0 Å². The van der Waals surface area contributed by atoms with Crippen LogP contribution in [0.2, 0.25) is 0 Å². The SMILES string of the molecule is COc1ccc(CCN(CCC(=O)Nc2cccc(C)c2)C(C)=O)cc1. The summed E-state index contributed by atoms with van der Waals surface area (Å²) in [5, 5.41) is 2.87. The number of carbonyl (C=O) groups excluding carboxylic acids is 2. The predicted molar refractivity (Wildman–Crippen MR) is 103 cm³/mol. The summed E-state index contributed by atoms with van der Waals surface area (Å²) in [5.74, 6) is 0.693. The minimum atomic E-state index is -0.0914. The number of nitrogens with zero attached hydrogens (tertiary/aromatic N) is 1. The van der Waals surface area contributed by atoms with Crippen LogP contribution in [0, 0.1) is 6.92 Å². The first-order valence-corrected chi connectivity index (χ1v) is 8.73. The summed E-state index contributed by atoms with van der Waals surface area (Å²) < 4.78 is 5.15. The number of amides is 2. The van der Waals surface area contributed by atoms with Gasteiger partial charge in [0.1, 0.15) is 5.75 Å². The van der Waals surface area contributed by atoms with Gasteiger partial charge in [0.05, 0.1) is 7.11 Å². The molecule has 0 aliphatic heterocycles. The van der Waals surface area contributed by atoms with Gasteiger partial charge in [0.25, 0.3) is 0 Å². The first-order chi connectivity index (χ1) is 12.5. The molecule has 0 radical (unpaired) electrons. The van der Waals surface area contributed by atoms with Crippen molar-refractivity contribution in [3.8, 4) is 5.75 Å². The molecule has 0 unspecified atom stereocenters. The highest BCUT2D eigenvalue weighted by molar-refractivity contribution is 5.91. The number of nitrogens with one attached hydrogen (secondary N) is 1. The molecular weight excluding hydrogens is 328 g/mol. The lowest BCUT2D eigenvalue weighted by molar-refractivity contribution is -0.129. The van der Waals surface area contributed by atoms with Gasteiger partial charge >= 0.3 is 0 Å². The minimum Gasteiger partial charge on any atom is -0.497 e. The molecule has 5 heteroatoms. The van der Waals surface area contributed by atoms with E-state index in [0.717, 1.165) is 29.0 Å². The maximum atomic E-state index is 12.1.